The molecule has 3 nitrogen and oxygen atoms in total. The minimum Gasteiger partial charge on any atom is -0.389 e. The van der Waals surface area contributed by atoms with E-state index in [0.29, 0.717) is 25.8 Å². The number of ether oxygens (including phenoxy) is 1. The molecule has 3 atom stereocenters. The van der Waals surface area contributed by atoms with Crippen molar-refractivity contribution in [3.8, 4) is 0 Å². The molecule has 1 saturated carbocycles. The second-order valence-corrected chi connectivity index (χ2v) is 6.83. The monoisotopic (exact) mass is 297 g/mol. The van der Waals surface area contributed by atoms with Gasteiger partial charge in [0.2, 0.25) is 0 Å². The van der Waals surface area contributed by atoms with E-state index < -0.39 is 6.10 Å². The molecule has 0 radical (unpaired) electrons. The third-order valence-electron chi connectivity index (χ3n) is 4.14. The zero-order valence-electron chi connectivity index (χ0n) is 12.4. The Bertz CT molecular complexity index is 355. The van der Waals surface area contributed by atoms with E-state index in [-0.39, 0.29) is 0 Å². The Morgan fingerprint density at radius 1 is 1.50 bits per heavy atom. The number of aliphatic hydroxyl groups excluding tert-OH is 1. The summed E-state index contributed by atoms with van der Waals surface area (Å²) in [6, 6.07) is 4.66. The van der Waals surface area contributed by atoms with Crippen LogP contribution in [0.15, 0.2) is 17.5 Å². The maximum Gasteiger partial charge on any atom is 0.0897 e. The van der Waals surface area contributed by atoms with Gasteiger partial charge in [-0.3, -0.25) is 0 Å². The molecule has 0 saturated heterocycles. The van der Waals surface area contributed by atoms with Crippen LogP contribution in [0.5, 0.6) is 0 Å². The Labute approximate surface area is 126 Å². The molecule has 0 bridgehead atoms. The zero-order chi connectivity index (χ0) is 14.2. The van der Waals surface area contributed by atoms with Crippen LogP contribution in [-0.4, -0.2) is 30.4 Å². The molecule has 1 aliphatic rings. The molecule has 1 aromatic rings. The largest absolute Gasteiger partial charge is 0.389 e. The molecule has 114 valence electrons. The van der Waals surface area contributed by atoms with Gasteiger partial charge in [-0.2, -0.15) is 0 Å². The van der Waals surface area contributed by atoms with E-state index >= 15 is 0 Å². The van der Waals surface area contributed by atoms with E-state index in [0.717, 1.165) is 5.92 Å². The first-order valence-corrected chi connectivity index (χ1v) is 8.67. The third-order valence-corrected chi connectivity index (χ3v) is 4.99. The second-order valence-electron chi connectivity index (χ2n) is 5.79. The smallest absolute Gasteiger partial charge is 0.0897 e. The lowest BCUT2D eigenvalue weighted by Crippen LogP contribution is -2.40. The van der Waals surface area contributed by atoms with E-state index in [1.165, 1.54) is 37.0 Å². The highest BCUT2D eigenvalue weighted by molar-refractivity contribution is 7.09. The molecule has 1 aliphatic carbocycles. The molecule has 0 aliphatic heterocycles. The molecule has 1 fully saturated rings. The van der Waals surface area contributed by atoms with Gasteiger partial charge in [-0.25, -0.2) is 0 Å². The van der Waals surface area contributed by atoms with E-state index in [4.69, 9.17) is 4.74 Å². The summed E-state index contributed by atoms with van der Waals surface area (Å²) < 4.78 is 5.54. The predicted octanol–water partition coefficient (Wildman–Crippen LogP) is 3.18. The van der Waals surface area contributed by atoms with Gasteiger partial charge in [0.1, 0.15) is 0 Å². The van der Waals surface area contributed by atoms with Gasteiger partial charge in [0.15, 0.2) is 0 Å². The average Bonchev–Trinajstić information content (AvgIpc) is 2.98. The zero-order valence-corrected chi connectivity index (χ0v) is 13.2. The quantitative estimate of drug-likeness (QED) is 0.774. The van der Waals surface area contributed by atoms with Crippen LogP contribution < -0.4 is 5.32 Å². The summed E-state index contributed by atoms with van der Waals surface area (Å²) in [5, 5.41) is 15.5. The summed E-state index contributed by atoms with van der Waals surface area (Å²) in [4.78, 5) is 1.21. The van der Waals surface area contributed by atoms with Crippen molar-refractivity contribution in [1.82, 2.24) is 5.32 Å². The highest BCUT2D eigenvalue weighted by atomic mass is 32.1. The first-order chi connectivity index (χ1) is 9.78. The Kier molecular flexibility index (Phi) is 7.00. The molecule has 1 heterocycles. The van der Waals surface area contributed by atoms with Crippen molar-refractivity contribution >= 4 is 11.3 Å². The molecule has 1 aromatic heterocycles. The predicted molar refractivity (Wildman–Crippen MR) is 84.0 cm³/mol. The van der Waals surface area contributed by atoms with Crippen molar-refractivity contribution in [2.24, 2.45) is 5.92 Å². The summed E-state index contributed by atoms with van der Waals surface area (Å²) in [5.41, 5.74) is 0. The summed E-state index contributed by atoms with van der Waals surface area (Å²) >= 11 is 1.69. The standard InChI is InChI=1S/C16H27NO2S/c1-2-13-5-3-6-14(9-13)17-10-15(18)11-19-12-16-7-4-8-20-16/h4,7-8,13-15,17-18H,2-3,5-6,9-12H2,1H3. The van der Waals surface area contributed by atoms with Gasteiger partial charge in [0, 0.05) is 17.5 Å². The van der Waals surface area contributed by atoms with Crippen molar-refractivity contribution in [3.05, 3.63) is 22.4 Å². The summed E-state index contributed by atoms with van der Waals surface area (Å²) in [7, 11) is 0. The molecule has 2 N–H and O–H groups in total. The fraction of sp³-hybridized carbons (Fsp3) is 0.750. The Morgan fingerprint density at radius 2 is 2.40 bits per heavy atom. The van der Waals surface area contributed by atoms with Crippen molar-refractivity contribution in [3.63, 3.8) is 0 Å². The number of rotatable bonds is 8. The molecular weight excluding hydrogens is 270 g/mol. The van der Waals surface area contributed by atoms with Crippen LogP contribution in [0.25, 0.3) is 0 Å². The highest BCUT2D eigenvalue weighted by Crippen LogP contribution is 2.26. The first-order valence-electron chi connectivity index (χ1n) is 7.79. The number of aliphatic hydroxyl groups is 1. The fourth-order valence-corrected chi connectivity index (χ4v) is 3.54. The normalized spacial score (nSPS) is 24.7. The summed E-state index contributed by atoms with van der Waals surface area (Å²) in [6.07, 6.45) is 6.09. The number of hydrogen-bond donors (Lipinski definition) is 2. The highest BCUT2D eigenvalue weighted by Gasteiger charge is 2.20. The van der Waals surface area contributed by atoms with Crippen LogP contribution in [0, 0.1) is 5.92 Å². The van der Waals surface area contributed by atoms with Crippen molar-refractivity contribution in [2.45, 2.75) is 57.8 Å². The first kappa shape index (κ1) is 16.0. The molecular formula is C16H27NO2S. The maximum atomic E-state index is 9.95. The van der Waals surface area contributed by atoms with Gasteiger partial charge in [-0.05, 0) is 30.2 Å². The third kappa shape index (κ3) is 5.52. The van der Waals surface area contributed by atoms with Gasteiger partial charge in [-0.15, -0.1) is 11.3 Å². The van der Waals surface area contributed by atoms with Crippen LogP contribution in [-0.2, 0) is 11.3 Å². The molecule has 0 spiro atoms. The molecule has 0 amide bonds. The minimum atomic E-state index is -0.406. The Morgan fingerprint density at radius 3 is 3.15 bits per heavy atom. The summed E-state index contributed by atoms with van der Waals surface area (Å²) in [6.45, 7) is 3.94. The number of hydrogen-bond acceptors (Lipinski definition) is 4. The van der Waals surface area contributed by atoms with Crippen molar-refractivity contribution < 1.29 is 9.84 Å². The van der Waals surface area contributed by atoms with Crippen LogP contribution in [0.2, 0.25) is 0 Å². The lowest BCUT2D eigenvalue weighted by molar-refractivity contribution is 0.0275. The average molecular weight is 297 g/mol. The Hall–Kier alpha value is -0.420. The van der Waals surface area contributed by atoms with Gasteiger partial charge in [0.05, 0.1) is 19.3 Å². The fourth-order valence-electron chi connectivity index (χ4n) is 2.90. The number of thiophene rings is 1. The van der Waals surface area contributed by atoms with Crippen LogP contribution in [0.3, 0.4) is 0 Å². The van der Waals surface area contributed by atoms with E-state index in [2.05, 4.69) is 18.3 Å². The molecule has 2 rings (SSSR count). The van der Waals surface area contributed by atoms with Gasteiger partial charge < -0.3 is 15.2 Å². The topological polar surface area (TPSA) is 41.5 Å². The van der Waals surface area contributed by atoms with Gasteiger partial charge in [-0.1, -0.05) is 32.3 Å². The van der Waals surface area contributed by atoms with E-state index in [1.807, 2.05) is 11.4 Å². The van der Waals surface area contributed by atoms with Gasteiger partial charge in [0.25, 0.3) is 0 Å². The van der Waals surface area contributed by atoms with Crippen LogP contribution in [0.1, 0.15) is 43.9 Å². The van der Waals surface area contributed by atoms with E-state index in [1.54, 1.807) is 11.3 Å². The van der Waals surface area contributed by atoms with Crippen molar-refractivity contribution in [2.75, 3.05) is 13.2 Å². The summed E-state index contributed by atoms with van der Waals surface area (Å²) in [5.74, 6) is 0.869. The molecule has 3 unspecified atom stereocenters. The lowest BCUT2D eigenvalue weighted by Gasteiger charge is -2.29. The molecule has 0 aromatic carbocycles. The minimum absolute atomic E-state index is 0.406. The maximum absolute atomic E-state index is 9.95. The van der Waals surface area contributed by atoms with Gasteiger partial charge >= 0.3 is 0 Å². The van der Waals surface area contributed by atoms with Crippen LogP contribution >= 0.6 is 11.3 Å². The molecule has 4 heteroatoms. The van der Waals surface area contributed by atoms with Crippen molar-refractivity contribution in [1.29, 1.82) is 0 Å². The Balaban J connectivity index is 1.56. The van der Waals surface area contributed by atoms with Crippen LogP contribution in [0.4, 0.5) is 0 Å². The number of nitrogens with one attached hydrogen (secondary N) is 1. The lowest BCUT2D eigenvalue weighted by atomic mass is 9.84. The second kappa shape index (κ2) is 8.78. The van der Waals surface area contributed by atoms with E-state index in [9.17, 15) is 5.11 Å². The molecule has 20 heavy (non-hydrogen) atoms. The SMILES string of the molecule is CCC1CCCC(NCC(O)COCc2cccs2)C1.